The summed E-state index contributed by atoms with van der Waals surface area (Å²) in [6, 6.07) is 5.95. The first-order valence-corrected chi connectivity index (χ1v) is 4.87. The maximum atomic E-state index is 5.60. The molecular formula is C11H11ClO2. The third kappa shape index (κ3) is 1.85. The monoisotopic (exact) mass is 210 g/mol. The van der Waals surface area contributed by atoms with Gasteiger partial charge in [-0.15, -0.1) is 0 Å². The third-order valence-corrected chi connectivity index (χ3v) is 2.48. The van der Waals surface area contributed by atoms with Crippen molar-refractivity contribution in [2.24, 2.45) is 0 Å². The second-order valence-corrected chi connectivity index (χ2v) is 3.54. The van der Waals surface area contributed by atoms with E-state index >= 15 is 0 Å². The smallest absolute Gasteiger partial charge is 0.231 e. The summed E-state index contributed by atoms with van der Waals surface area (Å²) in [5, 5.41) is 0. The molecule has 1 aromatic carbocycles. The molecular weight excluding hydrogens is 200 g/mol. The fourth-order valence-corrected chi connectivity index (χ4v) is 1.49. The largest absolute Gasteiger partial charge is 0.454 e. The van der Waals surface area contributed by atoms with Crippen molar-refractivity contribution in [1.29, 1.82) is 0 Å². The normalized spacial score (nSPS) is 14.6. The summed E-state index contributed by atoms with van der Waals surface area (Å²) in [5.74, 6) is 1.64. The van der Waals surface area contributed by atoms with Crippen LogP contribution in [0.3, 0.4) is 0 Å². The standard InChI is InChI=1S/C11H11ClO2/c1-8(6-12)4-9-2-3-10-11(5-9)14-7-13-10/h2-3,5-6H,4,7H2,1H3. The van der Waals surface area contributed by atoms with E-state index in [1.165, 1.54) is 5.56 Å². The molecule has 1 heterocycles. The second kappa shape index (κ2) is 3.93. The van der Waals surface area contributed by atoms with E-state index in [1.807, 2.05) is 25.1 Å². The molecule has 0 fully saturated rings. The maximum Gasteiger partial charge on any atom is 0.231 e. The average Bonchev–Trinajstić information content (AvgIpc) is 2.64. The van der Waals surface area contributed by atoms with Crippen LogP contribution in [0, 0.1) is 0 Å². The molecule has 14 heavy (non-hydrogen) atoms. The quantitative estimate of drug-likeness (QED) is 0.747. The highest BCUT2D eigenvalue weighted by Crippen LogP contribution is 2.32. The zero-order valence-corrected chi connectivity index (χ0v) is 8.67. The molecule has 2 nitrogen and oxygen atoms in total. The van der Waals surface area contributed by atoms with E-state index in [1.54, 1.807) is 5.54 Å². The van der Waals surface area contributed by atoms with Crippen LogP contribution in [0.25, 0.3) is 0 Å². The molecule has 1 aliphatic rings. The number of hydrogen-bond donors (Lipinski definition) is 0. The summed E-state index contributed by atoms with van der Waals surface area (Å²) in [7, 11) is 0. The van der Waals surface area contributed by atoms with Crippen LogP contribution in [0.5, 0.6) is 11.5 Å². The minimum atomic E-state index is 0.323. The molecule has 2 rings (SSSR count). The minimum Gasteiger partial charge on any atom is -0.454 e. The molecule has 0 saturated carbocycles. The number of hydrogen-bond acceptors (Lipinski definition) is 2. The average molecular weight is 211 g/mol. The number of allylic oxidation sites excluding steroid dienone is 1. The van der Waals surface area contributed by atoms with Gasteiger partial charge in [0.1, 0.15) is 0 Å². The highest BCUT2D eigenvalue weighted by molar-refractivity contribution is 6.25. The van der Waals surface area contributed by atoms with E-state index in [-0.39, 0.29) is 0 Å². The molecule has 0 aliphatic carbocycles. The van der Waals surface area contributed by atoms with Gasteiger partial charge < -0.3 is 9.47 Å². The molecule has 0 radical (unpaired) electrons. The molecule has 0 aromatic heterocycles. The first kappa shape index (κ1) is 9.41. The van der Waals surface area contributed by atoms with Crippen molar-refractivity contribution in [2.75, 3.05) is 6.79 Å². The molecule has 0 saturated heterocycles. The van der Waals surface area contributed by atoms with E-state index in [9.17, 15) is 0 Å². The van der Waals surface area contributed by atoms with E-state index in [4.69, 9.17) is 21.1 Å². The lowest BCUT2D eigenvalue weighted by molar-refractivity contribution is 0.174. The number of fused-ring (bicyclic) bond motifs is 1. The van der Waals surface area contributed by atoms with Gasteiger partial charge in [0.25, 0.3) is 0 Å². The van der Waals surface area contributed by atoms with Gasteiger partial charge in [0, 0.05) is 5.54 Å². The molecule has 74 valence electrons. The van der Waals surface area contributed by atoms with Crippen LogP contribution >= 0.6 is 11.6 Å². The summed E-state index contributed by atoms with van der Waals surface area (Å²) in [4.78, 5) is 0. The van der Waals surface area contributed by atoms with E-state index in [0.717, 1.165) is 23.5 Å². The van der Waals surface area contributed by atoms with Crippen molar-refractivity contribution >= 4 is 11.6 Å². The minimum absolute atomic E-state index is 0.323. The van der Waals surface area contributed by atoms with Gasteiger partial charge in [-0.2, -0.15) is 0 Å². The summed E-state index contributed by atoms with van der Waals surface area (Å²) < 4.78 is 10.5. The van der Waals surface area contributed by atoms with Crippen molar-refractivity contribution in [2.45, 2.75) is 13.3 Å². The number of ether oxygens (including phenoxy) is 2. The lowest BCUT2D eigenvalue weighted by Crippen LogP contribution is -1.93. The molecule has 0 atom stereocenters. The molecule has 1 aliphatic heterocycles. The Morgan fingerprint density at radius 3 is 3.00 bits per heavy atom. The predicted octanol–water partition coefficient (Wildman–Crippen LogP) is 3.10. The van der Waals surface area contributed by atoms with Gasteiger partial charge in [0.05, 0.1) is 0 Å². The molecule has 0 unspecified atom stereocenters. The highest BCUT2D eigenvalue weighted by Gasteiger charge is 2.12. The van der Waals surface area contributed by atoms with Crippen molar-refractivity contribution in [3.63, 3.8) is 0 Å². The predicted molar refractivity (Wildman–Crippen MR) is 55.9 cm³/mol. The van der Waals surface area contributed by atoms with Gasteiger partial charge in [-0.3, -0.25) is 0 Å². The first-order chi connectivity index (χ1) is 6.79. The van der Waals surface area contributed by atoms with E-state index in [0.29, 0.717) is 6.79 Å². The molecule has 1 aromatic rings. The van der Waals surface area contributed by atoms with Gasteiger partial charge in [-0.1, -0.05) is 23.2 Å². The van der Waals surface area contributed by atoms with E-state index < -0.39 is 0 Å². The van der Waals surface area contributed by atoms with Crippen LogP contribution < -0.4 is 9.47 Å². The number of rotatable bonds is 2. The molecule has 0 spiro atoms. The zero-order valence-electron chi connectivity index (χ0n) is 7.92. The second-order valence-electron chi connectivity index (χ2n) is 3.32. The fraction of sp³-hybridized carbons (Fsp3) is 0.273. The van der Waals surface area contributed by atoms with Crippen LogP contribution in [0.2, 0.25) is 0 Å². The Bertz CT molecular complexity index is 372. The molecule has 3 heteroatoms. The number of benzene rings is 1. The van der Waals surface area contributed by atoms with Gasteiger partial charge in [0.15, 0.2) is 11.5 Å². The Morgan fingerprint density at radius 2 is 2.21 bits per heavy atom. The molecule has 0 N–H and O–H groups in total. The zero-order chi connectivity index (χ0) is 9.97. The fourth-order valence-electron chi connectivity index (χ4n) is 1.41. The molecule has 0 amide bonds. The van der Waals surface area contributed by atoms with Crippen molar-refractivity contribution < 1.29 is 9.47 Å². The summed E-state index contributed by atoms with van der Waals surface area (Å²) >= 11 is 5.60. The third-order valence-electron chi connectivity index (χ3n) is 2.11. The molecule has 0 bridgehead atoms. The van der Waals surface area contributed by atoms with Gasteiger partial charge in [-0.05, 0) is 31.0 Å². The maximum absolute atomic E-state index is 5.60. The van der Waals surface area contributed by atoms with Gasteiger partial charge in [0.2, 0.25) is 6.79 Å². The summed E-state index contributed by atoms with van der Waals surface area (Å²) in [6.07, 6.45) is 0.847. The SMILES string of the molecule is CC(=CCl)Cc1ccc2c(c1)OCO2. The Labute approximate surface area is 88.1 Å². The highest BCUT2D eigenvalue weighted by atomic mass is 35.5. The lowest BCUT2D eigenvalue weighted by Gasteiger charge is -2.02. The Hall–Kier alpha value is -1.15. The first-order valence-electron chi connectivity index (χ1n) is 4.44. The van der Waals surface area contributed by atoms with Gasteiger partial charge in [-0.25, -0.2) is 0 Å². The van der Waals surface area contributed by atoms with Crippen molar-refractivity contribution in [1.82, 2.24) is 0 Å². The van der Waals surface area contributed by atoms with Crippen molar-refractivity contribution in [3.05, 3.63) is 34.9 Å². The Kier molecular flexibility index (Phi) is 2.64. The van der Waals surface area contributed by atoms with Crippen LogP contribution in [-0.4, -0.2) is 6.79 Å². The van der Waals surface area contributed by atoms with Crippen molar-refractivity contribution in [3.8, 4) is 11.5 Å². The Morgan fingerprint density at radius 1 is 1.43 bits per heavy atom. The van der Waals surface area contributed by atoms with Crippen LogP contribution in [0.1, 0.15) is 12.5 Å². The lowest BCUT2D eigenvalue weighted by atomic mass is 10.1. The van der Waals surface area contributed by atoms with Crippen LogP contribution in [0.15, 0.2) is 29.3 Å². The summed E-state index contributed by atoms with van der Waals surface area (Å²) in [5.41, 5.74) is 3.92. The van der Waals surface area contributed by atoms with E-state index in [2.05, 4.69) is 0 Å². The van der Waals surface area contributed by atoms with Crippen LogP contribution in [0.4, 0.5) is 0 Å². The Balaban J connectivity index is 2.21. The van der Waals surface area contributed by atoms with Gasteiger partial charge >= 0.3 is 0 Å². The number of halogens is 1. The summed E-state index contributed by atoms with van der Waals surface area (Å²) in [6.45, 7) is 2.32. The topological polar surface area (TPSA) is 18.5 Å². The van der Waals surface area contributed by atoms with Crippen LogP contribution in [-0.2, 0) is 6.42 Å².